The molecule has 7 heteroatoms. The molecule has 116 valence electrons. The molecule has 1 N–H and O–H groups in total. The standard InChI is InChI=1S/C14H19NO5S/c1-13(2,3)20-12(18)15-6-14-5-4-7(19-14)8-9(14)11(17)21-10(8)16/h7-9H,4-6H2,1-3H3,(H,15,18)/t7-,8-,9+,14-/m0/s1. The van der Waals surface area contributed by atoms with E-state index in [-0.39, 0.29) is 28.8 Å². The molecule has 21 heavy (non-hydrogen) atoms. The lowest BCUT2D eigenvalue weighted by atomic mass is 9.73. The Balaban J connectivity index is 1.69. The van der Waals surface area contributed by atoms with E-state index in [2.05, 4.69) is 5.32 Å². The Hall–Kier alpha value is -1.08. The molecule has 3 aliphatic heterocycles. The van der Waals surface area contributed by atoms with Crippen LogP contribution in [0.25, 0.3) is 0 Å². The molecule has 0 radical (unpaired) electrons. The maximum Gasteiger partial charge on any atom is 0.407 e. The van der Waals surface area contributed by atoms with Crippen LogP contribution in [0, 0.1) is 11.8 Å². The minimum absolute atomic E-state index is 0.0890. The van der Waals surface area contributed by atoms with Gasteiger partial charge in [0.1, 0.15) is 5.60 Å². The quantitative estimate of drug-likeness (QED) is 0.831. The number of hydrogen-bond acceptors (Lipinski definition) is 6. The molecule has 6 nitrogen and oxygen atoms in total. The van der Waals surface area contributed by atoms with Crippen molar-refractivity contribution < 1.29 is 23.9 Å². The Morgan fingerprint density at radius 3 is 2.81 bits per heavy atom. The maximum atomic E-state index is 12.1. The minimum atomic E-state index is -0.734. The zero-order valence-electron chi connectivity index (χ0n) is 12.3. The monoisotopic (exact) mass is 313 g/mol. The van der Waals surface area contributed by atoms with Gasteiger partial charge in [-0.3, -0.25) is 9.59 Å². The van der Waals surface area contributed by atoms with Crippen molar-refractivity contribution in [1.82, 2.24) is 5.32 Å². The summed E-state index contributed by atoms with van der Waals surface area (Å²) in [5, 5.41) is 2.47. The lowest BCUT2D eigenvalue weighted by Gasteiger charge is -2.31. The lowest BCUT2D eigenvalue weighted by Crippen LogP contribution is -2.49. The molecule has 0 aromatic rings. The van der Waals surface area contributed by atoms with Crippen LogP contribution in [0.2, 0.25) is 0 Å². The molecule has 0 spiro atoms. The smallest absolute Gasteiger partial charge is 0.407 e. The van der Waals surface area contributed by atoms with Gasteiger partial charge in [0.05, 0.1) is 30.1 Å². The molecule has 3 fully saturated rings. The number of rotatable bonds is 2. The van der Waals surface area contributed by atoms with E-state index in [1.54, 1.807) is 20.8 Å². The van der Waals surface area contributed by atoms with Gasteiger partial charge in [-0.2, -0.15) is 0 Å². The highest BCUT2D eigenvalue weighted by molar-refractivity contribution is 8.26. The van der Waals surface area contributed by atoms with Gasteiger partial charge in [-0.25, -0.2) is 4.79 Å². The second-order valence-corrected chi connectivity index (χ2v) is 7.87. The number of ether oxygens (including phenoxy) is 2. The molecular formula is C14H19NO5S. The van der Waals surface area contributed by atoms with E-state index >= 15 is 0 Å². The molecule has 0 aliphatic carbocycles. The van der Waals surface area contributed by atoms with E-state index in [0.717, 1.165) is 18.2 Å². The van der Waals surface area contributed by atoms with Crippen molar-refractivity contribution in [2.24, 2.45) is 11.8 Å². The number of nitrogens with one attached hydrogen (secondary N) is 1. The molecule has 3 heterocycles. The Morgan fingerprint density at radius 2 is 2.14 bits per heavy atom. The molecule has 3 saturated heterocycles. The number of alkyl carbamates (subject to hydrolysis) is 1. The van der Waals surface area contributed by atoms with Crippen molar-refractivity contribution in [2.45, 2.75) is 50.9 Å². The molecule has 3 aliphatic rings. The SMILES string of the molecule is CC(C)(C)OC(=O)NC[C@]12CC[C@H](O1)[C@@H]1C(=O)SC(=O)[C@@H]12. The van der Waals surface area contributed by atoms with Crippen LogP contribution < -0.4 is 5.32 Å². The van der Waals surface area contributed by atoms with Crippen molar-refractivity contribution in [3.05, 3.63) is 0 Å². The summed E-state index contributed by atoms with van der Waals surface area (Å²) in [6.07, 6.45) is 0.740. The zero-order valence-corrected chi connectivity index (χ0v) is 13.1. The topological polar surface area (TPSA) is 81.7 Å². The van der Waals surface area contributed by atoms with Gasteiger partial charge >= 0.3 is 6.09 Å². The molecule has 2 bridgehead atoms. The molecule has 0 aromatic carbocycles. The Bertz CT molecular complexity index is 514. The molecule has 4 atom stereocenters. The number of carbonyl (C=O) groups excluding carboxylic acids is 3. The maximum absolute atomic E-state index is 12.1. The van der Waals surface area contributed by atoms with Crippen molar-refractivity contribution in [3.63, 3.8) is 0 Å². The average Bonchev–Trinajstić information content (AvgIpc) is 2.97. The summed E-state index contributed by atoms with van der Waals surface area (Å²) < 4.78 is 11.1. The van der Waals surface area contributed by atoms with E-state index in [1.807, 2.05) is 0 Å². The van der Waals surface area contributed by atoms with Gasteiger partial charge in [-0.15, -0.1) is 0 Å². The molecule has 1 amide bonds. The fourth-order valence-corrected chi connectivity index (χ4v) is 4.60. The van der Waals surface area contributed by atoms with Crippen molar-refractivity contribution in [2.75, 3.05) is 6.54 Å². The van der Waals surface area contributed by atoms with E-state index in [9.17, 15) is 14.4 Å². The van der Waals surface area contributed by atoms with Gasteiger partial charge in [0, 0.05) is 0 Å². The lowest BCUT2D eigenvalue weighted by molar-refractivity contribution is -0.121. The molecule has 3 rings (SSSR count). The highest BCUT2D eigenvalue weighted by Crippen LogP contribution is 2.57. The predicted molar refractivity (Wildman–Crippen MR) is 75.7 cm³/mol. The van der Waals surface area contributed by atoms with E-state index < -0.39 is 23.2 Å². The Morgan fingerprint density at radius 1 is 1.43 bits per heavy atom. The largest absolute Gasteiger partial charge is 0.444 e. The van der Waals surface area contributed by atoms with E-state index in [0.29, 0.717) is 6.42 Å². The number of amides is 1. The predicted octanol–water partition coefficient (Wildman–Crippen LogP) is 1.47. The fourth-order valence-electron chi connectivity index (χ4n) is 3.49. The molecule has 0 unspecified atom stereocenters. The van der Waals surface area contributed by atoms with Crippen molar-refractivity contribution in [1.29, 1.82) is 0 Å². The normalized spacial score (nSPS) is 37.8. The van der Waals surface area contributed by atoms with Gasteiger partial charge < -0.3 is 14.8 Å². The summed E-state index contributed by atoms with van der Waals surface area (Å²) in [6.45, 7) is 5.57. The van der Waals surface area contributed by atoms with Gasteiger partial charge in [0.2, 0.25) is 10.2 Å². The van der Waals surface area contributed by atoms with Crippen LogP contribution in [0.1, 0.15) is 33.6 Å². The van der Waals surface area contributed by atoms with Crippen molar-refractivity contribution >= 4 is 28.1 Å². The summed E-state index contributed by atoms with van der Waals surface area (Å²) in [4.78, 5) is 35.7. The summed E-state index contributed by atoms with van der Waals surface area (Å²) in [5.74, 6) is -0.764. The zero-order chi connectivity index (χ0) is 15.4. The van der Waals surface area contributed by atoms with Crippen LogP contribution in [0.15, 0.2) is 0 Å². The third kappa shape index (κ3) is 2.46. The number of thioether (sulfide) groups is 1. The summed E-state index contributed by atoms with van der Waals surface area (Å²) in [7, 11) is 0. The summed E-state index contributed by atoms with van der Waals surface area (Å²) in [5.41, 5.74) is -1.31. The number of hydrogen-bond donors (Lipinski definition) is 1. The second-order valence-electron chi connectivity index (χ2n) is 6.86. The average molecular weight is 313 g/mol. The van der Waals surface area contributed by atoms with Gasteiger partial charge in [0.25, 0.3) is 0 Å². The van der Waals surface area contributed by atoms with Crippen LogP contribution in [-0.4, -0.2) is 40.2 Å². The van der Waals surface area contributed by atoms with Gasteiger partial charge in [-0.05, 0) is 45.4 Å². The van der Waals surface area contributed by atoms with Crippen LogP contribution in [0.4, 0.5) is 4.79 Å². The van der Waals surface area contributed by atoms with E-state index in [1.165, 1.54) is 0 Å². The minimum Gasteiger partial charge on any atom is -0.444 e. The highest BCUT2D eigenvalue weighted by Gasteiger charge is 2.67. The first kappa shape index (κ1) is 14.8. The summed E-state index contributed by atoms with van der Waals surface area (Å²) in [6, 6.07) is 0. The first-order chi connectivity index (χ1) is 9.72. The second kappa shape index (κ2) is 4.71. The Kier molecular flexibility index (Phi) is 3.33. The van der Waals surface area contributed by atoms with Gasteiger partial charge in [-0.1, -0.05) is 0 Å². The molecule has 0 aromatic heterocycles. The third-order valence-electron chi connectivity index (χ3n) is 4.22. The molecular weight excluding hydrogens is 294 g/mol. The third-order valence-corrected chi connectivity index (χ3v) is 5.15. The highest BCUT2D eigenvalue weighted by atomic mass is 32.2. The van der Waals surface area contributed by atoms with Crippen LogP contribution >= 0.6 is 11.8 Å². The number of fused-ring (bicyclic) bond motifs is 5. The van der Waals surface area contributed by atoms with E-state index in [4.69, 9.17) is 9.47 Å². The number of carbonyl (C=O) groups is 3. The first-order valence-electron chi connectivity index (χ1n) is 7.12. The molecule has 0 saturated carbocycles. The van der Waals surface area contributed by atoms with Gasteiger partial charge in [0.15, 0.2) is 0 Å². The summed E-state index contributed by atoms with van der Waals surface area (Å²) >= 11 is 0.801. The van der Waals surface area contributed by atoms with Crippen LogP contribution in [-0.2, 0) is 19.1 Å². The van der Waals surface area contributed by atoms with Crippen LogP contribution in [0.5, 0.6) is 0 Å². The fraction of sp³-hybridized carbons (Fsp3) is 0.786. The van der Waals surface area contributed by atoms with Crippen molar-refractivity contribution in [3.8, 4) is 0 Å². The Labute approximate surface area is 127 Å². The first-order valence-corrected chi connectivity index (χ1v) is 7.94. The van der Waals surface area contributed by atoms with Crippen LogP contribution in [0.3, 0.4) is 0 Å².